The molecule has 2 aliphatic rings. The molecule has 3 atom stereocenters. The van der Waals surface area contributed by atoms with Crippen molar-refractivity contribution in [1.29, 1.82) is 0 Å². The van der Waals surface area contributed by atoms with Crippen LogP contribution in [0.5, 0.6) is 0 Å². The molecule has 7 nitrogen and oxygen atoms in total. The number of fused-ring (bicyclic) bond motifs is 1. The van der Waals surface area contributed by atoms with E-state index in [2.05, 4.69) is 10.3 Å². The quantitative estimate of drug-likeness (QED) is 0.532. The highest BCUT2D eigenvalue weighted by atomic mass is 19.1. The minimum Gasteiger partial charge on any atom is -0.369 e. The maximum Gasteiger partial charge on any atom is 0.272 e. The molecule has 0 aromatic heterocycles. The van der Waals surface area contributed by atoms with E-state index < -0.39 is 41.0 Å². The molecule has 3 amide bonds. The molecule has 0 fully saturated rings. The number of carbonyl (C=O) groups is 3. The van der Waals surface area contributed by atoms with Gasteiger partial charge in [0.1, 0.15) is 5.82 Å². The summed E-state index contributed by atoms with van der Waals surface area (Å²) in [5, 5.41) is 2.80. The highest BCUT2D eigenvalue weighted by Gasteiger charge is 2.49. The first-order valence-corrected chi connectivity index (χ1v) is 12.6. The van der Waals surface area contributed by atoms with E-state index in [0.717, 1.165) is 0 Å². The molecule has 3 N–H and O–H groups in total. The van der Waals surface area contributed by atoms with Gasteiger partial charge in [-0.3, -0.25) is 14.4 Å². The van der Waals surface area contributed by atoms with Gasteiger partial charge in [0.2, 0.25) is 18.0 Å². The van der Waals surface area contributed by atoms with E-state index in [-0.39, 0.29) is 23.2 Å². The van der Waals surface area contributed by atoms with Crippen LogP contribution in [0.25, 0.3) is 0 Å². The van der Waals surface area contributed by atoms with Gasteiger partial charge in [-0.05, 0) is 50.8 Å². The van der Waals surface area contributed by atoms with Gasteiger partial charge in [-0.2, -0.15) is 0 Å². The fourth-order valence-electron chi connectivity index (χ4n) is 5.13. The molecule has 1 aliphatic carbocycles. The van der Waals surface area contributed by atoms with Crippen LogP contribution in [0.3, 0.4) is 0 Å². The second-order valence-electron chi connectivity index (χ2n) is 10.4. The number of allylic oxidation sites excluding steroid dienone is 1. The van der Waals surface area contributed by atoms with Crippen LogP contribution in [-0.2, 0) is 14.4 Å². The van der Waals surface area contributed by atoms with Crippen molar-refractivity contribution in [2.24, 2.45) is 28.0 Å². The Labute approximate surface area is 216 Å². The summed E-state index contributed by atoms with van der Waals surface area (Å²) in [6.07, 6.45) is 2.94. The smallest absolute Gasteiger partial charge is 0.272 e. The van der Waals surface area contributed by atoms with E-state index in [1.54, 1.807) is 53.4 Å². The zero-order chi connectivity index (χ0) is 26.9. The maximum absolute atomic E-state index is 15.0. The highest BCUT2D eigenvalue weighted by molar-refractivity contribution is 6.20. The van der Waals surface area contributed by atoms with Crippen LogP contribution in [0, 0.1) is 23.1 Å². The summed E-state index contributed by atoms with van der Waals surface area (Å²) in [4.78, 5) is 46.3. The van der Waals surface area contributed by atoms with Gasteiger partial charge in [-0.25, -0.2) is 9.38 Å². The molecular weight excluding hydrogens is 471 g/mol. The fraction of sp³-hybridized carbons (Fsp3) is 0.379. The van der Waals surface area contributed by atoms with E-state index in [4.69, 9.17) is 5.73 Å². The number of nitrogens with one attached hydrogen (secondary N) is 1. The summed E-state index contributed by atoms with van der Waals surface area (Å²) in [5.41, 5.74) is 6.30. The Morgan fingerprint density at radius 1 is 1.11 bits per heavy atom. The average Bonchev–Trinajstić information content (AvgIpc) is 2.92. The lowest BCUT2D eigenvalue weighted by Crippen LogP contribution is -2.55. The van der Waals surface area contributed by atoms with Crippen molar-refractivity contribution in [2.45, 2.75) is 52.7 Å². The number of nitrogens with zero attached hydrogens (tertiary/aromatic N) is 2. The highest BCUT2D eigenvalue weighted by Crippen LogP contribution is 2.44. The summed E-state index contributed by atoms with van der Waals surface area (Å²) in [5.74, 6) is -2.66. The zero-order valence-electron chi connectivity index (χ0n) is 21.6. The minimum absolute atomic E-state index is 0.0969. The fourth-order valence-corrected chi connectivity index (χ4v) is 5.13. The first-order valence-electron chi connectivity index (χ1n) is 12.6. The topological polar surface area (TPSA) is 105 Å². The van der Waals surface area contributed by atoms with Crippen molar-refractivity contribution in [1.82, 2.24) is 5.32 Å². The SMILES string of the molecule is CC(C)C[C@@H](C(=O)N[C@H]1N=C(c2ccccc2F)c2ccccc2N(C(C)C)C1=O)[C@@]1(C(N)=O)C=CC1. The van der Waals surface area contributed by atoms with Gasteiger partial charge in [0, 0.05) is 17.2 Å². The number of nitrogens with two attached hydrogens (primary N) is 1. The molecule has 2 aromatic rings. The van der Waals surface area contributed by atoms with Gasteiger partial charge in [-0.1, -0.05) is 56.3 Å². The molecular formula is C29H33FN4O3. The second-order valence-corrected chi connectivity index (χ2v) is 10.4. The molecule has 0 unspecified atom stereocenters. The number of carbonyl (C=O) groups excluding carboxylic acids is 3. The van der Waals surface area contributed by atoms with Crippen LogP contribution in [0.2, 0.25) is 0 Å². The third-order valence-corrected chi connectivity index (χ3v) is 7.05. The van der Waals surface area contributed by atoms with Crippen molar-refractivity contribution in [3.8, 4) is 0 Å². The second kappa shape index (κ2) is 10.3. The Hall–Kier alpha value is -3.81. The standard InChI is InChI=1S/C29H33FN4O3/c1-17(2)16-21(29(28(31)37)14-9-15-29)26(35)33-25-27(36)34(18(3)4)23-13-8-6-11-20(23)24(32-25)19-10-5-7-12-22(19)30/h5-14,17-18,21,25H,15-16H2,1-4H3,(H2,31,37)(H,33,35)/t21-,25+,29+/m0/s1. The van der Waals surface area contributed by atoms with E-state index in [1.165, 1.54) is 6.07 Å². The lowest BCUT2D eigenvalue weighted by atomic mass is 9.63. The third-order valence-electron chi connectivity index (χ3n) is 7.05. The van der Waals surface area contributed by atoms with Crippen LogP contribution in [0.4, 0.5) is 10.1 Å². The van der Waals surface area contributed by atoms with Gasteiger partial charge in [0.05, 0.1) is 22.7 Å². The molecule has 2 aromatic carbocycles. The van der Waals surface area contributed by atoms with Crippen LogP contribution in [0.1, 0.15) is 51.7 Å². The first-order chi connectivity index (χ1) is 17.6. The molecule has 8 heteroatoms. The number of hydrogen-bond donors (Lipinski definition) is 2. The Bertz CT molecular complexity index is 1290. The molecule has 0 spiro atoms. The summed E-state index contributed by atoms with van der Waals surface area (Å²) < 4.78 is 15.0. The molecule has 0 radical (unpaired) electrons. The molecule has 194 valence electrons. The predicted molar refractivity (Wildman–Crippen MR) is 141 cm³/mol. The van der Waals surface area contributed by atoms with Gasteiger partial charge >= 0.3 is 0 Å². The largest absolute Gasteiger partial charge is 0.369 e. The molecule has 1 heterocycles. The predicted octanol–water partition coefficient (Wildman–Crippen LogP) is 3.95. The Morgan fingerprint density at radius 2 is 1.73 bits per heavy atom. The van der Waals surface area contributed by atoms with Crippen LogP contribution in [0.15, 0.2) is 65.7 Å². The summed E-state index contributed by atoms with van der Waals surface area (Å²) in [7, 11) is 0. The third kappa shape index (κ3) is 4.80. The number of halogens is 1. The normalized spacial score (nSPS) is 21.7. The van der Waals surface area contributed by atoms with Gasteiger partial charge in [-0.15, -0.1) is 0 Å². The monoisotopic (exact) mass is 504 g/mol. The van der Waals surface area contributed by atoms with E-state index in [9.17, 15) is 18.8 Å². The number of primary amides is 1. The average molecular weight is 505 g/mol. The van der Waals surface area contributed by atoms with Crippen molar-refractivity contribution in [2.75, 3.05) is 4.90 Å². The molecule has 4 rings (SSSR count). The lowest BCUT2D eigenvalue weighted by Gasteiger charge is -2.40. The number of benzodiazepines with no additional fused rings is 1. The van der Waals surface area contributed by atoms with Crippen molar-refractivity contribution >= 4 is 29.1 Å². The summed E-state index contributed by atoms with van der Waals surface area (Å²) in [6, 6.07) is 13.1. The van der Waals surface area contributed by atoms with Gasteiger partial charge in [0.25, 0.3) is 5.91 Å². The Kier molecular flexibility index (Phi) is 7.30. The molecule has 0 bridgehead atoms. The van der Waals surface area contributed by atoms with E-state index in [1.807, 2.05) is 33.8 Å². The number of rotatable bonds is 8. The summed E-state index contributed by atoms with van der Waals surface area (Å²) >= 11 is 0. The van der Waals surface area contributed by atoms with Crippen molar-refractivity contribution < 1.29 is 18.8 Å². The van der Waals surface area contributed by atoms with Gasteiger partial charge < -0.3 is 16.0 Å². The number of anilines is 1. The molecule has 37 heavy (non-hydrogen) atoms. The first kappa shape index (κ1) is 26.3. The number of amides is 3. The van der Waals surface area contributed by atoms with Crippen molar-refractivity contribution in [3.05, 3.63) is 77.6 Å². The van der Waals surface area contributed by atoms with E-state index >= 15 is 0 Å². The van der Waals surface area contributed by atoms with Crippen molar-refractivity contribution in [3.63, 3.8) is 0 Å². The number of para-hydroxylation sites is 1. The molecule has 1 aliphatic heterocycles. The maximum atomic E-state index is 15.0. The van der Waals surface area contributed by atoms with Crippen LogP contribution < -0.4 is 16.0 Å². The van der Waals surface area contributed by atoms with Crippen LogP contribution in [-0.4, -0.2) is 35.6 Å². The number of aliphatic imine (C=N–C) groups is 1. The summed E-state index contributed by atoms with van der Waals surface area (Å²) in [6.45, 7) is 7.65. The lowest BCUT2D eigenvalue weighted by molar-refractivity contribution is -0.140. The number of benzene rings is 2. The molecule has 0 saturated carbocycles. The number of hydrogen-bond acceptors (Lipinski definition) is 4. The van der Waals surface area contributed by atoms with Gasteiger partial charge in [0.15, 0.2) is 0 Å². The zero-order valence-corrected chi connectivity index (χ0v) is 21.6. The minimum atomic E-state index is -1.32. The Balaban J connectivity index is 1.82. The van der Waals surface area contributed by atoms with Crippen LogP contribution >= 0.6 is 0 Å². The van der Waals surface area contributed by atoms with E-state index in [0.29, 0.717) is 24.1 Å². The molecule has 0 saturated heterocycles. The Morgan fingerprint density at radius 3 is 2.27 bits per heavy atom.